The van der Waals surface area contributed by atoms with Crippen LogP contribution in [0.5, 0.6) is 0 Å². The van der Waals surface area contributed by atoms with Gasteiger partial charge in [0, 0.05) is 5.69 Å². The Hall–Kier alpha value is -1.51. The van der Waals surface area contributed by atoms with Gasteiger partial charge in [0.25, 0.3) is 0 Å². The summed E-state index contributed by atoms with van der Waals surface area (Å²) >= 11 is 0. The summed E-state index contributed by atoms with van der Waals surface area (Å²) in [4.78, 5) is 12.4. The van der Waals surface area contributed by atoms with Gasteiger partial charge in [0.1, 0.15) is 11.8 Å². The SMILES string of the molecule is CC.Cc1cc2ncncc2nc1C. The highest BCUT2D eigenvalue weighted by molar-refractivity contribution is 5.73. The maximum Gasteiger partial charge on any atom is 0.116 e. The van der Waals surface area contributed by atoms with E-state index in [2.05, 4.69) is 15.0 Å². The highest BCUT2D eigenvalue weighted by Gasteiger charge is 1.98. The Morgan fingerprint density at radius 1 is 1.07 bits per heavy atom. The predicted molar refractivity (Wildman–Crippen MR) is 58.2 cm³/mol. The summed E-state index contributed by atoms with van der Waals surface area (Å²) in [5, 5.41) is 0. The van der Waals surface area contributed by atoms with Crippen LogP contribution in [0, 0.1) is 13.8 Å². The average molecular weight is 189 g/mol. The van der Waals surface area contributed by atoms with Gasteiger partial charge in [-0.05, 0) is 25.5 Å². The van der Waals surface area contributed by atoms with Crippen LogP contribution in [0.1, 0.15) is 25.1 Å². The van der Waals surface area contributed by atoms with E-state index in [0.29, 0.717) is 0 Å². The van der Waals surface area contributed by atoms with Gasteiger partial charge in [0.2, 0.25) is 0 Å². The fraction of sp³-hybridized carbons (Fsp3) is 0.364. The van der Waals surface area contributed by atoms with E-state index >= 15 is 0 Å². The van der Waals surface area contributed by atoms with Crippen molar-refractivity contribution < 1.29 is 0 Å². The number of hydrogen-bond donors (Lipinski definition) is 0. The maximum absolute atomic E-state index is 4.35. The van der Waals surface area contributed by atoms with Crippen molar-refractivity contribution in [2.75, 3.05) is 0 Å². The van der Waals surface area contributed by atoms with Crippen LogP contribution in [0.2, 0.25) is 0 Å². The molecule has 0 aromatic carbocycles. The Bertz CT molecular complexity index is 383. The van der Waals surface area contributed by atoms with Gasteiger partial charge >= 0.3 is 0 Å². The molecule has 2 heterocycles. The largest absolute Gasteiger partial charge is 0.250 e. The topological polar surface area (TPSA) is 38.7 Å². The molecule has 0 aliphatic heterocycles. The maximum atomic E-state index is 4.35. The summed E-state index contributed by atoms with van der Waals surface area (Å²) in [5.74, 6) is 0. The molecule has 0 aliphatic carbocycles. The van der Waals surface area contributed by atoms with Gasteiger partial charge in [-0.3, -0.25) is 0 Å². The second-order valence-corrected chi connectivity index (χ2v) is 2.82. The van der Waals surface area contributed by atoms with Gasteiger partial charge < -0.3 is 0 Å². The van der Waals surface area contributed by atoms with Crippen molar-refractivity contribution in [3.63, 3.8) is 0 Å². The number of aryl methyl sites for hydroxylation is 2. The monoisotopic (exact) mass is 189 g/mol. The standard InChI is InChI=1S/C9H9N3.C2H6/c1-6-3-8-9(12-7(6)2)4-10-5-11-8;1-2/h3-5H,1-2H3;1-2H3. The minimum absolute atomic E-state index is 0.862. The van der Waals surface area contributed by atoms with Crippen LogP contribution in [0.15, 0.2) is 18.6 Å². The number of pyridine rings is 1. The Morgan fingerprint density at radius 3 is 2.50 bits per heavy atom. The molecule has 0 aliphatic rings. The van der Waals surface area contributed by atoms with Gasteiger partial charge in [-0.2, -0.15) is 0 Å². The molecule has 3 nitrogen and oxygen atoms in total. The van der Waals surface area contributed by atoms with Crippen molar-refractivity contribution >= 4 is 11.0 Å². The molecule has 0 saturated carbocycles. The zero-order valence-corrected chi connectivity index (χ0v) is 9.07. The summed E-state index contributed by atoms with van der Waals surface area (Å²) in [6, 6.07) is 2.03. The lowest BCUT2D eigenvalue weighted by Crippen LogP contribution is -1.90. The van der Waals surface area contributed by atoms with E-state index in [4.69, 9.17) is 0 Å². The molecule has 0 spiro atoms. The summed E-state index contributed by atoms with van der Waals surface area (Å²) in [5.41, 5.74) is 3.98. The highest BCUT2D eigenvalue weighted by Crippen LogP contribution is 2.11. The Kier molecular flexibility index (Phi) is 3.51. The molecule has 2 aromatic heterocycles. The Labute approximate surface area is 84.2 Å². The zero-order chi connectivity index (χ0) is 10.6. The molecule has 74 valence electrons. The fourth-order valence-corrected chi connectivity index (χ4v) is 1.11. The molecule has 14 heavy (non-hydrogen) atoms. The van der Waals surface area contributed by atoms with E-state index in [9.17, 15) is 0 Å². The van der Waals surface area contributed by atoms with Crippen molar-refractivity contribution in [3.05, 3.63) is 29.8 Å². The van der Waals surface area contributed by atoms with E-state index < -0.39 is 0 Å². The Morgan fingerprint density at radius 2 is 1.79 bits per heavy atom. The molecule has 0 radical (unpaired) electrons. The molecule has 0 fully saturated rings. The lowest BCUT2D eigenvalue weighted by atomic mass is 10.2. The van der Waals surface area contributed by atoms with Crippen LogP contribution in [0.25, 0.3) is 11.0 Å². The quantitative estimate of drug-likeness (QED) is 0.639. The molecule has 0 atom stereocenters. The van der Waals surface area contributed by atoms with Gasteiger partial charge in [0.15, 0.2) is 0 Å². The first-order valence-corrected chi connectivity index (χ1v) is 4.81. The van der Waals surface area contributed by atoms with Crippen molar-refractivity contribution in [1.82, 2.24) is 15.0 Å². The molecule has 0 bridgehead atoms. The van der Waals surface area contributed by atoms with E-state index in [1.807, 2.05) is 33.8 Å². The van der Waals surface area contributed by atoms with E-state index in [0.717, 1.165) is 16.7 Å². The van der Waals surface area contributed by atoms with E-state index in [1.165, 1.54) is 5.56 Å². The van der Waals surface area contributed by atoms with Gasteiger partial charge in [-0.25, -0.2) is 15.0 Å². The minimum Gasteiger partial charge on any atom is -0.250 e. The second-order valence-electron chi connectivity index (χ2n) is 2.82. The average Bonchev–Trinajstić information content (AvgIpc) is 2.23. The molecule has 0 unspecified atom stereocenters. The van der Waals surface area contributed by atoms with Gasteiger partial charge in [0.05, 0.1) is 11.7 Å². The molecule has 0 amide bonds. The summed E-state index contributed by atoms with van der Waals surface area (Å²) in [6.45, 7) is 8.02. The highest BCUT2D eigenvalue weighted by atomic mass is 14.9. The number of rotatable bonds is 0. The lowest BCUT2D eigenvalue weighted by molar-refractivity contribution is 1.14. The minimum atomic E-state index is 0.862. The summed E-state index contributed by atoms with van der Waals surface area (Å²) in [6.07, 6.45) is 3.27. The van der Waals surface area contributed by atoms with Crippen LogP contribution < -0.4 is 0 Å². The van der Waals surface area contributed by atoms with E-state index in [-0.39, 0.29) is 0 Å². The van der Waals surface area contributed by atoms with E-state index in [1.54, 1.807) is 12.5 Å². The third-order valence-electron chi connectivity index (χ3n) is 1.93. The number of aromatic nitrogens is 3. The first-order chi connectivity index (χ1) is 6.77. The summed E-state index contributed by atoms with van der Waals surface area (Å²) in [7, 11) is 0. The third kappa shape index (κ3) is 2.05. The molecule has 0 saturated heterocycles. The molecule has 2 rings (SSSR count). The van der Waals surface area contributed by atoms with Crippen LogP contribution in [0.3, 0.4) is 0 Å². The van der Waals surface area contributed by atoms with Crippen molar-refractivity contribution in [1.29, 1.82) is 0 Å². The zero-order valence-electron chi connectivity index (χ0n) is 9.07. The van der Waals surface area contributed by atoms with Gasteiger partial charge in [-0.1, -0.05) is 13.8 Å². The number of hydrogen-bond acceptors (Lipinski definition) is 3. The first kappa shape index (κ1) is 10.6. The van der Waals surface area contributed by atoms with Crippen LogP contribution in [-0.4, -0.2) is 15.0 Å². The summed E-state index contributed by atoms with van der Waals surface area (Å²) < 4.78 is 0. The molecular weight excluding hydrogens is 174 g/mol. The lowest BCUT2D eigenvalue weighted by Gasteiger charge is -2.00. The molecule has 3 heteroatoms. The number of nitrogens with zero attached hydrogens (tertiary/aromatic N) is 3. The smallest absolute Gasteiger partial charge is 0.116 e. The van der Waals surface area contributed by atoms with Crippen molar-refractivity contribution in [3.8, 4) is 0 Å². The van der Waals surface area contributed by atoms with Crippen LogP contribution >= 0.6 is 0 Å². The second kappa shape index (κ2) is 4.65. The molecule has 2 aromatic rings. The van der Waals surface area contributed by atoms with Gasteiger partial charge in [-0.15, -0.1) is 0 Å². The van der Waals surface area contributed by atoms with Crippen LogP contribution in [-0.2, 0) is 0 Å². The van der Waals surface area contributed by atoms with Crippen molar-refractivity contribution in [2.24, 2.45) is 0 Å². The van der Waals surface area contributed by atoms with Crippen molar-refractivity contribution in [2.45, 2.75) is 27.7 Å². The Balaban J connectivity index is 0.000000461. The molecular formula is C11H15N3. The number of fused-ring (bicyclic) bond motifs is 1. The fourth-order valence-electron chi connectivity index (χ4n) is 1.11. The third-order valence-corrected chi connectivity index (χ3v) is 1.93. The predicted octanol–water partition coefficient (Wildman–Crippen LogP) is 2.67. The molecule has 0 N–H and O–H groups in total. The normalized spacial score (nSPS) is 9.43. The van der Waals surface area contributed by atoms with Crippen LogP contribution in [0.4, 0.5) is 0 Å². The first-order valence-electron chi connectivity index (χ1n) is 4.81.